The number of methoxy groups -OCH3 is 1. The van der Waals surface area contributed by atoms with Gasteiger partial charge in [0.05, 0.1) is 13.2 Å². The van der Waals surface area contributed by atoms with Crippen LogP contribution < -0.4 is 11.2 Å². The quantitative estimate of drug-likeness (QED) is 0.485. The molecule has 4 nitrogen and oxygen atoms in total. The van der Waals surface area contributed by atoms with Gasteiger partial charge >= 0.3 is 0 Å². The number of nitrogens with one attached hydrogen (secondary N) is 1. The highest BCUT2D eigenvalue weighted by Gasteiger charge is 2.18. The maximum absolute atomic E-state index is 5.84. The number of rotatable bonds is 5. The average molecular weight is 188 g/mol. The lowest BCUT2D eigenvalue weighted by atomic mass is 9.92. The Morgan fingerprint density at radius 2 is 2.23 bits per heavy atom. The second-order valence-corrected chi connectivity index (χ2v) is 3.58. The molecule has 1 fully saturated rings. The Balaban J connectivity index is 2.00. The van der Waals surface area contributed by atoms with Crippen LogP contribution in [0.5, 0.6) is 0 Å². The molecule has 0 aromatic heterocycles. The van der Waals surface area contributed by atoms with Gasteiger partial charge in [0.15, 0.2) is 0 Å². The summed E-state index contributed by atoms with van der Waals surface area (Å²) in [6.45, 7) is 1.23. The molecule has 0 saturated heterocycles. The van der Waals surface area contributed by atoms with Crippen LogP contribution in [-0.4, -0.2) is 32.4 Å². The lowest BCUT2D eigenvalue weighted by Crippen LogP contribution is -2.39. The van der Waals surface area contributed by atoms with E-state index in [-0.39, 0.29) is 0 Å². The first-order chi connectivity index (χ1) is 6.33. The Morgan fingerprint density at radius 1 is 1.38 bits per heavy atom. The molecular formula is C9H20N2O2. The molecule has 1 rings (SSSR count). The summed E-state index contributed by atoms with van der Waals surface area (Å²) >= 11 is 0. The van der Waals surface area contributed by atoms with Crippen LogP contribution in [0.4, 0.5) is 0 Å². The summed E-state index contributed by atoms with van der Waals surface area (Å²) in [6.07, 6.45) is 4.54. The fourth-order valence-corrected chi connectivity index (χ4v) is 1.64. The van der Waals surface area contributed by atoms with Crippen LogP contribution >= 0.6 is 0 Å². The third-order valence-corrected chi connectivity index (χ3v) is 2.35. The largest absolute Gasteiger partial charge is 0.382 e. The minimum absolute atomic E-state index is 0.345. The van der Waals surface area contributed by atoms with Crippen LogP contribution in [0.3, 0.4) is 0 Å². The van der Waals surface area contributed by atoms with Gasteiger partial charge in [0.1, 0.15) is 0 Å². The van der Waals surface area contributed by atoms with Gasteiger partial charge in [-0.05, 0) is 19.3 Å². The Bertz CT molecular complexity index is 133. The molecule has 1 saturated carbocycles. The van der Waals surface area contributed by atoms with Gasteiger partial charge < -0.3 is 10.5 Å². The normalized spacial score (nSPS) is 29.1. The summed E-state index contributed by atoms with van der Waals surface area (Å²) in [6, 6.07) is 0.776. The summed E-state index contributed by atoms with van der Waals surface area (Å²) in [7, 11) is 1.67. The van der Waals surface area contributed by atoms with Gasteiger partial charge in [0.2, 0.25) is 0 Å². The van der Waals surface area contributed by atoms with Crippen LogP contribution in [0, 0.1) is 0 Å². The Morgan fingerprint density at radius 3 is 2.92 bits per heavy atom. The van der Waals surface area contributed by atoms with E-state index in [1.165, 1.54) is 12.8 Å². The zero-order valence-corrected chi connectivity index (χ0v) is 8.29. The van der Waals surface area contributed by atoms with Crippen LogP contribution in [-0.2, 0) is 9.57 Å². The van der Waals surface area contributed by atoms with Gasteiger partial charge in [-0.15, -0.1) is 0 Å². The summed E-state index contributed by atoms with van der Waals surface area (Å²) in [4.78, 5) is 5.23. The summed E-state index contributed by atoms with van der Waals surface area (Å²) in [5.74, 6) is 0. The number of hydrogen-bond donors (Lipinski definition) is 2. The van der Waals surface area contributed by atoms with E-state index in [0.29, 0.717) is 25.3 Å². The summed E-state index contributed by atoms with van der Waals surface area (Å²) in [5.41, 5.74) is 8.86. The van der Waals surface area contributed by atoms with Crippen molar-refractivity contribution in [2.45, 2.75) is 37.8 Å². The van der Waals surface area contributed by atoms with E-state index in [1.807, 2.05) is 0 Å². The molecule has 4 heteroatoms. The van der Waals surface area contributed by atoms with E-state index >= 15 is 0 Å². The molecule has 0 aromatic rings. The third kappa shape index (κ3) is 4.57. The van der Waals surface area contributed by atoms with Gasteiger partial charge in [0, 0.05) is 19.2 Å². The molecule has 78 valence electrons. The maximum Gasteiger partial charge on any atom is 0.0915 e. The van der Waals surface area contributed by atoms with Gasteiger partial charge in [-0.3, -0.25) is 4.84 Å². The first kappa shape index (κ1) is 10.9. The van der Waals surface area contributed by atoms with E-state index < -0.39 is 0 Å². The van der Waals surface area contributed by atoms with E-state index in [2.05, 4.69) is 5.48 Å². The zero-order valence-electron chi connectivity index (χ0n) is 8.29. The predicted molar refractivity (Wildman–Crippen MR) is 51.2 cm³/mol. The number of nitrogens with two attached hydrogens (primary N) is 1. The highest BCUT2D eigenvalue weighted by Crippen LogP contribution is 2.16. The van der Waals surface area contributed by atoms with Crippen LogP contribution in [0.15, 0.2) is 0 Å². The molecule has 0 aliphatic heterocycles. The molecule has 2 unspecified atom stereocenters. The van der Waals surface area contributed by atoms with Crippen molar-refractivity contribution in [1.82, 2.24) is 5.48 Å². The lowest BCUT2D eigenvalue weighted by Gasteiger charge is -2.26. The highest BCUT2D eigenvalue weighted by atomic mass is 16.7. The van der Waals surface area contributed by atoms with Crippen molar-refractivity contribution < 1.29 is 9.57 Å². The van der Waals surface area contributed by atoms with E-state index in [4.69, 9.17) is 15.3 Å². The van der Waals surface area contributed by atoms with E-state index in [0.717, 1.165) is 12.8 Å². The van der Waals surface area contributed by atoms with Gasteiger partial charge in [-0.1, -0.05) is 6.42 Å². The zero-order chi connectivity index (χ0) is 9.52. The first-order valence-electron chi connectivity index (χ1n) is 4.94. The molecule has 3 N–H and O–H groups in total. The fourth-order valence-electron chi connectivity index (χ4n) is 1.64. The van der Waals surface area contributed by atoms with Gasteiger partial charge in [-0.25, -0.2) is 0 Å². The Kier molecular flexibility index (Phi) is 5.31. The van der Waals surface area contributed by atoms with E-state index in [1.54, 1.807) is 7.11 Å². The van der Waals surface area contributed by atoms with Gasteiger partial charge in [-0.2, -0.15) is 5.48 Å². The lowest BCUT2D eigenvalue weighted by molar-refractivity contribution is -0.0194. The topological polar surface area (TPSA) is 56.5 Å². The predicted octanol–water partition coefficient (Wildman–Crippen LogP) is 0.424. The minimum atomic E-state index is 0.345. The molecule has 0 aromatic carbocycles. The van der Waals surface area contributed by atoms with Crippen molar-refractivity contribution in [2.24, 2.45) is 5.73 Å². The van der Waals surface area contributed by atoms with Crippen molar-refractivity contribution in [3.05, 3.63) is 0 Å². The minimum Gasteiger partial charge on any atom is -0.382 e. The molecule has 0 amide bonds. The average Bonchev–Trinajstić information content (AvgIpc) is 2.13. The Hall–Kier alpha value is -0.160. The molecule has 1 aliphatic rings. The standard InChI is InChI=1S/C9H20N2O2/c1-12-5-6-13-11-9-4-2-3-8(10)7-9/h8-9,11H,2-7,10H2,1H3. The van der Waals surface area contributed by atoms with Crippen molar-refractivity contribution in [2.75, 3.05) is 20.3 Å². The van der Waals surface area contributed by atoms with Crippen molar-refractivity contribution in [1.29, 1.82) is 0 Å². The summed E-state index contributed by atoms with van der Waals surface area (Å²) in [5, 5.41) is 0. The first-order valence-corrected chi connectivity index (χ1v) is 4.94. The van der Waals surface area contributed by atoms with Crippen LogP contribution in [0.25, 0.3) is 0 Å². The van der Waals surface area contributed by atoms with Crippen molar-refractivity contribution >= 4 is 0 Å². The maximum atomic E-state index is 5.84. The molecule has 0 spiro atoms. The molecule has 13 heavy (non-hydrogen) atoms. The number of ether oxygens (including phenoxy) is 1. The third-order valence-electron chi connectivity index (χ3n) is 2.35. The van der Waals surface area contributed by atoms with Crippen LogP contribution in [0.2, 0.25) is 0 Å². The molecule has 0 heterocycles. The molecule has 1 aliphatic carbocycles. The Labute approximate surface area is 79.7 Å². The van der Waals surface area contributed by atoms with Crippen molar-refractivity contribution in [3.8, 4) is 0 Å². The number of hydrogen-bond acceptors (Lipinski definition) is 4. The second kappa shape index (κ2) is 6.32. The monoisotopic (exact) mass is 188 g/mol. The molecular weight excluding hydrogens is 168 g/mol. The second-order valence-electron chi connectivity index (χ2n) is 3.58. The van der Waals surface area contributed by atoms with Crippen molar-refractivity contribution in [3.63, 3.8) is 0 Å². The SMILES string of the molecule is COCCONC1CCCC(N)C1. The molecule has 2 atom stereocenters. The van der Waals surface area contributed by atoms with Crippen LogP contribution in [0.1, 0.15) is 25.7 Å². The molecule has 0 radical (unpaired) electrons. The van der Waals surface area contributed by atoms with E-state index in [9.17, 15) is 0 Å². The molecule has 0 bridgehead atoms. The van der Waals surface area contributed by atoms with Gasteiger partial charge in [0.25, 0.3) is 0 Å². The summed E-state index contributed by atoms with van der Waals surface area (Å²) < 4.78 is 4.86. The fraction of sp³-hybridized carbons (Fsp3) is 1.00. The highest BCUT2D eigenvalue weighted by molar-refractivity contribution is 4.77. The number of hydroxylamine groups is 1. The smallest absolute Gasteiger partial charge is 0.0915 e.